The van der Waals surface area contributed by atoms with Crippen LogP contribution in [-0.4, -0.2) is 34.6 Å². The second-order valence-electron chi connectivity index (χ2n) is 3.82. The molecule has 5 nitrogen and oxygen atoms in total. The van der Waals surface area contributed by atoms with Crippen LogP contribution in [0.2, 0.25) is 0 Å². The van der Waals surface area contributed by atoms with Crippen molar-refractivity contribution in [1.29, 1.82) is 0 Å². The molecule has 0 N–H and O–H groups in total. The summed E-state index contributed by atoms with van der Waals surface area (Å²) in [5.41, 5.74) is 0.734. The number of nitrogens with zero attached hydrogens (tertiary/aromatic N) is 2. The van der Waals surface area contributed by atoms with Gasteiger partial charge in [0.05, 0.1) is 5.56 Å². The molecule has 0 aliphatic heterocycles. The number of ether oxygens (including phenoxy) is 1. The molecule has 0 atom stereocenters. The van der Waals surface area contributed by atoms with E-state index in [0.29, 0.717) is 10.7 Å². The Labute approximate surface area is 120 Å². The first-order chi connectivity index (χ1) is 9.70. The molecule has 0 saturated carbocycles. The first-order valence-corrected chi connectivity index (χ1v) is 7.04. The zero-order valence-corrected chi connectivity index (χ0v) is 11.6. The number of esters is 1. The van der Waals surface area contributed by atoms with Gasteiger partial charge < -0.3 is 4.74 Å². The molecule has 0 aliphatic carbocycles. The summed E-state index contributed by atoms with van der Waals surface area (Å²) in [5, 5.41) is 0.571. The van der Waals surface area contributed by atoms with Gasteiger partial charge in [-0.25, -0.2) is 14.8 Å². The lowest BCUT2D eigenvalue weighted by Crippen LogP contribution is -2.14. The molecule has 20 heavy (non-hydrogen) atoms. The number of thioether (sulfide) groups is 1. The van der Waals surface area contributed by atoms with Gasteiger partial charge in [0.25, 0.3) is 0 Å². The van der Waals surface area contributed by atoms with Crippen molar-refractivity contribution in [2.24, 2.45) is 0 Å². The molecule has 0 unspecified atom stereocenters. The monoisotopic (exact) mass is 288 g/mol. The van der Waals surface area contributed by atoms with Crippen molar-refractivity contribution in [1.82, 2.24) is 9.97 Å². The van der Waals surface area contributed by atoms with E-state index in [2.05, 4.69) is 9.97 Å². The first-order valence-electron chi connectivity index (χ1n) is 5.82. The maximum absolute atomic E-state index is 11.8. The highest BCUT2D eigenvalue weighted by Crippen LogP contribution is 2.08. The molecule has 102 valence electrons. The van der Waals surface area contributed by atoms with Gasteiger partial charge in [0.1, 0.15) is 0 Å². The second-order valence-corrected chi connectivity index (χ2v) is 4.60. The molecule has 6 heteroatoms. The van der Waals surface area contributed by atoms with Crippen LogP contribution >= 0.6 is 11.8 Å². The molecule has 0 fully saturated rings. The van der Waals surface area contributed by atoms with Crippen molar-refractivity contribution in [3.63, 3.8) is 0 Å². The third kappa shape index (κ3) is 3.64. The number of hydrogen-bond donors (Lipinski definition) is 0. The topological polar surface area (TPSA) is 69.2 Å². The molecule has 1 heterocycles. The molecular formula is C14H12N2O3S. The first kappa shape index (κ1) is 14.2. The highest BCUT2D eigenvalue weighted by Gasteiger charge is 2.12. The van der Waals surface area contributed by atoms with E-state index >= 15 is 0 Å². The zero-order valence-electron chi connectivity index (χ0n) is 10.8. The Morgan fingerprint density at radius 1 is 1.10 bits per heavy atom. The summed E-state index contributed by atoms with van der Waals surface area (Å²) < 4.78 is 4.94. The highest BCUT2D eigenvalue weighted by atomic mass is 32.2. The van der Waals surface area contributed by atoms with E-state index in [9.17, 15) is 9.59 Å². The average Bonchev–Trinajstić information content (AvgIpc) is 2.53. The molecule has 0 radical (unpaired) electrons. The normalized spacial score (nSPS) is 10.1. The number of rotatable bonds is 5. The lowest BCUT2D eigenvalue weighted by molar-refractivity contribution is 0.0473. The standard InChI is InChI=1S/C14H12N2O3S/c1-20-14-15-7-11(8-16-14)13(18)19-9-12(17)10-5-3-2-4-6-10/h2-8H,9H2,1H3. The van der Waals surface area contributed by atoms with E-state index in [1.54, 1.807) is 24.3 Å². The quantitative estimate of drug-likeness (QED) is 0.364. The zero-order chi connectivity index (χ0) is 14.4. The molecule has 0 amide bonds. The van der Waals surface area contributed by atoms with E-state index < -0.39 is 5.97 Å². The minimum atomic E-state index is -0.609. The Morgan fingerprint density at radius 2 is 1.75 bits per heavy atom. The highest BCUT2D eigenvalue weighted by molar-refractivity contribution is 7.98. The van der Waals surface area contributed by atoms with Crippen molar-refractivity contribution >= 4 is 23.5 Å². The summed E-state index contributed by atoms with van der Waals surface area (Å²) in [6, 6.07) is 8.67. The SMILES string of the molecule is CSc1ncc(C(=O)OCC(=O)c2ccccc2)cn1. The number of carbonyl (C=O) groups excluding carboxylic acids is 2. The smallest absolute Gasteiger partial charge is 0.341 e. The maximum Gasteiger partial charge on any atom is 0.341 e. The summed E-state index contributed by atoms with van der Waals surface area (Å²) in [5.74, 6) is -0.859. The minimum Gasteiger partial charge on any atom is -0.454 e. The fourth-order valence-electron chi connectivity index (χ4n) is 1.45. The van der Waals surface area contributed by atoms with Gasteiger partial charge in [-0.05, 0) is 6.26 Å². The second kappa shape index (κ2) is 6.81. The molecular weight excluding hydrogens is 276 g/mol. The summed E-state index contributed by atoms with van der Waals surface area (Å²) in [4.78, 5) is 31.4. The third-order valence-corrected chi connectivity index (χ3v) is 3.05. The van der Waals surface area contributed by atoms with Gasteiger partial charge in [-0.1, -0.05) is 42.1 Å². The Bertz CT molecular complexity index is 600. The minimum absolute atomic E-state index is 0.226. The van der Waals surface area contributed by atoms with E-state index in [0.717, 1.165) is 0 Å². The summed E-state index contributed by atoms with van der Waals surface area (Å²) in [6.07, 6.45) is 4.61. The maximum atomic E-state index is 11.8. The molecule has 2 rings (SSSR count). The average molecular weight is 288 g/mol. The van der Waals surface area contributed by atoms with Gasteiger partial charge >= 0.3 is 5.97 Å². The lowest BCUT2D eigenvalue weighted by atomic mass is 10.1. The van der Waals surface area contributed by atoms with Crippen LogP contribution in [0.4, 0.5) is 0 Å². The molecule has 0 saturated heterocycles. The predicted molar refractivity (Wildman–Crippen MR) is 74.9 cm³/mol. The van der Waals surface area contributed by atoms with Crippen molar-refractivity contribution in [3.05, 3.63) is 53.9 Å². The number of ketones is 1. The van der Waals surface area contributed by atoms with Crippen LogP contribution in [0.5, 0.6) is 0 Å². The van der Waals surface area contributed by atoms with Crippen LogP contribution in [-0.2, 0) is 4.74 Å². The number of Topliss-reactive ketones (excluding diaryl/α,β-unsaturated/α-hetero) is 1. The Morgan fingerprint density at radius 3 is 2.35 bits per heavy atom. The molecule has 0 aliphatic rings. The van der Waals surface area contributed by atoms with Crippen LogP contribution in [0, 0.1) is 0 Å². The van der Waals surface area contributed by atoms with Crippen LogP contribution in [0.15, 0.2) is 47.9 Å². The van der Waals surface area contributed by atoms with Crippen LogP contribution in [0.25, 0.3) is 0 Å². The van der Waals surface area contributed by atoms with Gasteiger partial charge in [-0.15, -0.1) is 0 Å². The van der Waals surface area contributed by atoms with E-state index in [4.69, 9.17) is 4.74 Å². The van der Waals surface area contributed by atoms with Gasteiger partial charge in [0.15, 0.2) is 17.5 Å². The van der Waals surface area contributed by atoms with Gasteiger partial charge in [0.2, 0.25) is 0 Å². The van der Waals surface area contributed by atoms with Crippen molar-refractivity contribution in [3.8, 4) is 0 Å². The summed E-state index contributed by atoms with van der Waals surface area (Å²) >= 11 is 1.38. The van der Waals surface area contributed by atoms with Crippen LogP contribution in [0.3, 0.4) is 0 Å². The fraction of sp³-hybridized carbons (Fsp3) is 0.143. The van der Waals surface area contributed by atoms with Crippen LogP contribution in [0.1, 0.15) is 20.7 Å². The molecule has 1 aromatic heterocycles. The number of carbonyl (C=O) groups is 2. The van der Waals surface area contributed by atoms with Gasteiger partial charge in [0, 0.05) is 18.0 Å². The van der Waals surface area contributed by atoms with Gasteiger partial charge in [-0.2, -0.15) is 0 Å². The lowest BCUT2D eigenvalue weighted by Gasteiger charge is -2.04. The number of hydrogen-bond acceptors (Lipinski definition) is 6. The number of benzene rings is 1. The molecule has 0 spiro atoms. The van der Waals surface area contributed by atoms with Gasteiger partial charge in [-0.3, -0.25) is 4.79 Å². The number of aromatic nitrogens is 2. The van der Waals surface area contributed by atoms with E-state index in [1.807, 2.05) is 12.3 Å². The van der Waals surface area contributed by atoms with E-state index in [1.165, 1.54) is 24.2 Å². The Hall–Kier alpha value is -2.21. The predicted octanol–water partition coefficient (Wildman–Crippen LogP) is 2.24. The van der Waals surface area contributed by atoms with Crippen molar-refractivity contribution in [2.45, 2.75) is 5.16 Å². The summed E-state index contributed by atoms with van der Waals surface area (Å²) in [6.45, 7) is -0.298. The fourth-order valence-corrected chi connectivity index (χ4v) is 1.77. The van der Waals surface area contributed by atoms with Crippen molar-refractivity contribution < 1.29 is 14.3 Å². The molecule has 0 bridgehead atoms. The Kier molecular flexibility index (Phi) is 4.84. The largest absolute Gasteiger partial charge is 0.454 e. The molecule has 2 aromatic rings. The Balaban J connectivity index is 1.93. The van der Waals surface area contributed by atoms with Crippen LogP contribution < -0.4 is 0 Å². The van der Waals surface area contributed by atoms with E-state index in [-0.39, 0.29) is 18.0 Å². The third-order valence-electron chi connectivity index (χ3n) is 2.48. The van der Waals surface area contributed by atoms with Crippen molar-refractivity contribution in [2.75, 3.05) is 12.9 Å². The summed E-state index contributed by atoms with van der Waals surface area (Å²) in [7, 11) is 0. The molecule has 1 aromatic carbocycles.